The standard InChI is InChI=1S/C12H8N2.3C8H8O3.Mn.H2O/c1-3-9-5-6-10-4-2-8-14-12(10)11(9)13-7-1;3*1-11-7-4-2-6(3-5-7)8(9)10;;/h1-8H;3*2-5H,1H3,(H,9,10);;1H2/q;;;;+2;/p-1. The van der Waals surface area contributed by atoms with Gasteiger partial charge in [0.05, 0.1) is 49.9 Å². The van der Waals surface area contributed by atoms with E-state index in [9.17, 15) is 24.6 Å². The molecule has 0 bridgehead atoms. The molecule has 4 aromatic carbocycles. The Morgan fingerprint density at radius 1 is 0.531 bits per heavy atom. The Hall–Kier alpha value is -6.01. The first kappa shape index (κ1) is 41.0. The number of hydrogen-bond acceptors (Lipinski definition) is 10. The van der Waals surface area contributed by atoms with Gasteiger partial charge in [-0.3, -0.25) is 9.97 Å². The van der Waals surface area contributed by atoms with Crippen molar-refractivity contribution in [3.63, 3.8) is 0 Å². The van der Waals surface area contributed by atoms with Gasteiger partial charge in [0, 0.05) is 23.2 Å². The van der Waals surface area contributed by atoms with E-state index in [0.29, 0.717) is 17.2 Å². The Morgan fingerprint density at radius 2 is 0.837 bits per heavy atom. The summed E-state index contributed by atoms with van der Waals surface area (Å²) in [6.07, 6.45) is 3.60. The van der Waals surface area contributed by atoms with E-state index in [1.807, 2.05) is 12.1 Å². The van der Waals surface area contributed by atoms with Crippen molar-refractivity contribution in [2.45, 2.75) is 0 Å². The van der Waals surface area contributed by atoms with Crippen molar-refractivity contribution in [2.75, 3.05) is 21.3 Å². The molecule has 0 spiro atoms. The van der Waals surface area contributed by atoms with E-state index >= 15 is 0 Å². The monoisotopic (exact) mass is 708 g/mol. The Labute approximate surface area is 292 Å². The van der Waals surface area contributed by atoms with E-state index < -0.39 is 17.9 Å². The SMILES string of the molecule is COc1ccc(C(=O)O)cc1.COc1ccc(C(=O)[O-])cc1.COc1ccc(C(=O)[O-])cc1.[Mn+2].[OH3+].c1cnc2c(c1)ccc1cccnc12. The van der Waals surface area contributed by atoms with Gasteiger partial charge in [-0.15, -0.1) is 0 Å². The summed E-state index contributed by atoms with van der Waals surface area (Å²) in [6.45, 7) is 0. The number of carboxylic acids is 3. The van der Waals surface area contributed by atoms with Crippen molar-refractivity contribution in [1.29, 1.82) is 0 Å². The second-order valence-corrected chi connectivity index (χ2v) is 9.28. The largest absolute Gasteiger partial charge is 2.00 e. The minimum atomic E-state index is -1.17. The molecule has 0 saturated heterocycles. The Morgan fingerprint density at radius 3 is 1.10 bits per heavy atom. The van der Waals surface area contributed by atoms with E-state index in [1.165, 1.54) is 57.7 Å². The molecule has 0 saturated carbocycles. The Bertz CT molecular complexity index is 1730. The molecule has 2 heterocycles. The average molecular weight is 709 g/mol. The van der Waals surface area contributed by atoms with Gasteiger partial charge in [0.1, 0.15) is 17.2 Å². The van der Waals surface area contributed by atoms with Crippen LogP contribution in [0.5, 0.6) is 17.2 Å². The molecule has 6 aromatic rings. The quantitative estimate of drug-likeness (QED) is 0.151. The molecule has 0 aliphatic rings. The summed E-state index contributed by atoms with van der Waals surface area (Å²) in [5.41, 5.74) is 2.54. The number of pyridine rings is 2. The number of carbonyl (C=O) groups excluding carboxylic acids is 2. The number of carboxylic acid groups (broad SMARTS) is 3. The number of ether oxygens (including phenoxy) is 3. The van der Waals surface area contributed by atoms with Crippen LogP contribution < -0.4 is 24.4 Å². The van der Waals surface area contributed by atoms with Crippen LogP contribution >= 0.6 is 0 Å². The maximum atomic E-state index is 10.4. The maximum Gasteiger partial charge on any atom is 2.00 e. The van der Waals surface area contributed by atoms with Crippen LogP contribution in [0.4, 0.5) is 0 Å². The number of benzene rings is 4. The fraction of sp³-hybridized carbons (Fsp3) is 0.0833. The third-order valence-corrected chi connectivity index (χ3v) is 6.33. The average Bonchev–Trinajstić information content (AvgIpc) is 3.12. The topological polar surface area (TPSA) is 204 Å². The van der Waals surface area contributed by atoms with Gasteiger partial charge in [-0.05, 0) is 96.1 Å². The second-order valence-electron chi connectivity index (χ2n) is 9.28. The smallest absolute Gasteiger partial charge is 0.545 e. The van der Waals surface area contributed by atoms with Crippen LogP contribution in [-0.4, -0.2) is 54.3 Å². The Kier molecular flexibility index (Phi) is 17.6. The van der Waals surface area contributed by atoms with Crippen LogP contribution in [0.25, 0.3) is 21.8 Å². The van der Waals surface area contributed by atoms with Crippen LogP contribution in [0.1, 0.15) is 31.1 Å². The molecule has 13 heteroatoms. The molecule has 2 aromatic heterocycles. The van der Waals surface area contributed by atoms with Gasteiger partial charge in [-0.25, -0.2) is 4.79 Å². The predicted octanol–water partition coefficient (Wildman–Crippen LogP) is 3.37. The van der Waals surface area contributed by atoms with Crippen molar-refractivity contribution < 1.29 is 66.5 Å². The Balaban J connectivity index is 0.000000325. The van der Waals surface area contributed by atoms with Crippen molar-refractivity contribution >= 4 is 39.7 Å². The zero-order chi connectivity index (χ0) is 34.2. The van der Waals surface area contributed by atoms with Crippen molar-refractivity contribution in [1.82, 2.24) is 9.97 Å². The summed E-state index contributed by atoms with van der Waals surface area (Å²) in [7, 11) is 4.58. The zero-order valence-electron chi connectivity index (χ0n) is 26.6. The molecule has 0 amide bonds. The predicted molar refractivity (Wildman–Crippen MR) is 177 cm³/mol. The molecule has 0 aliphatic carbocycles. The number of fused-ring (bicyclic) bond motifs is 3. The molecule has 253 valence electrons. The number of carbonyl (C=O) groups is 3. The number of hydrogen-bond donors (Lipinski definition) is 1. The molecule has 0 unspecified atom stereocenters. The van der Waals surface area contributed by atoms with Crippen molar-refractivity contribution in [2.24, 2.45) is 0 Å². The first-order valence-electron chi connectivity index (χ1n) is 13.8. The minimum absolute atomic E-state index is 0. The summed E-state index contributed by atoms with van der Waals surface area (Å²) in [4.78, 5) is 39.6. The first-order valence-corrected chi connectivity index (χ1v) is 13.8. The van der Waals surface area contributed by atoms with Gasteiger partial charge in [0.15, 0.2) is 0 Å². The summed E-state index contributed by atoms with van der Waals surface area (Å²) >= 11 is 0. The number of rotatable bonds is 6. The molecule has 12 nitrogen and oxygen atoms in total. The second kappa shape index (κ2) is 21.0. The summed E-state index contributed by atoms with van der Waals surface area (Å²) in [6, 6.07) is 30.4. The van der Waals surface area contributed by atoms with Gasteiger partial charge >= 0.3 is 23.0 Å². The van der Waals surface area contributed by atoms with Crippen LogP contribution in [-0.2, 0) is 22.5 Å². The third kappa shape index (κ3) is 12.6. The molecule has 49 heavy (non-hydrogen) atoms. The fourth-order valence-electron chi connectivity index (χ4n) is 3.87. The molecule has 0 fully saturated rings. The van der Waals surface area contributed by atoms with Gasteiger partial charge in [-0.1, -0.05) is 24.3 Å². The third-order valence-electron chi connectivity index (χ3n) is 6.33. The van der Waals surface area contributed by atoms with E-state index in [2.05, 4.69) is 34.2 Å². The molecule has 4 N–H and O–H groups in total. The van der Waals surface area contributed by atoms with E-state index in [1.54, 1.807) is 48.8 Å². The maximum absolute atomic E-state index is 10.4. The number of aromatic nitrogens is 2. The zero-order valence-corrected chi connectivity index (χ0v) is 27.8. The van der Waals surface area contributed by atoms with Crippen LogP contribution in [0.15, 0.2) is 122 Å². The van der Waals surface area contributed by atoms with E-state index in [4.69, 9.17) is 19.3 Å². The fourth-order valence-corrected chi connectivity index (χ4v) is 3.87. The van der Waals surface area contributed by atoms with Crippen molar-refractivity contribution in [3.05, 3.63) is 138 Å². The summed E-state index contributed by atoms with van der Waals surface area (Å²) < 4.78 is 14.5. The number of aromatic carboxylic acids is 3. The number of methoxy groups -OCH3 is 3. The van der Waals surface area contributed by atoms with Gasteiger partial charge in [0.2, 0.25) is 0 Å². The summed E-state index contributed by atoms with van der Waals surface area (Å²) in [5, 5.41) is 31.3. The molecule has 1 radical (unpaired) electrons. The van der Waals surface area contributed by atoms with Gasteiger partial charge in [0.25, 0.3) is 0 Å². The molecule has 0 aliphatic heterocycles. The first-order chi connectivity index (χ1) is 22.7. The van der Waals surface area contributed by atoms with Gasteiger partial charge in [-0.2, -0.15) is 0 Å². The van der Waals surface area contributed by atoms with Crippen LogP contribution in [0, 0.1) is 0 Å². The van der Waals surface area contributed by atoms with Crippen LogP contribution in [0.2, 0.25) is 0 Å². The summed E-state index contributed by atoms with van der Waals surface area (Å²) in [5.74, 6) is -1.34. The number of nitrogens with zero attached hydrogens (tertiary/aromatic N) is 2. The minimum Gasteiger partial charge on any atom is -0.545 e. The molecular formula is C36H33MnN2O10+. The van der Waals surface area contributed by atoms with Crippen LogP contribution in [0.3, 0.4) is 0 Å². The van der Waals surface area contributed by atoms with Crippen molar-refractivity contribution in [3.8, 4) is 17.2 Å². The van der Waals surface area contributed by atoms with E-state index in [0.717, 1.165) is 21.8 Å². The molecular weight excluding hydrogens is 675 g/mol. The van der Waals surface area contributed by atoms with Gasteiger partial charge < -0.3 is 44.6 Å². The molecule has 0 atom stereocenters. The normalized spacial score (nSPS) is 9.29. The molecule has 6 rings (SSSR count). The van der Waals surface area contributed by atoms with E-state index in [-0.39, 0.29) is 39.2 Å².